The lowest BCUT2D eigenvalue weighted by molar-refractivity contribution is -0.143. The fraction of sp³-hybridized carbons (Fsp3) is 0.615. The maximum atomic E-state index is 14.3. The average molecular weight is 704 g/mol. The second-order valence-electron chi connectivity index (χ2n) is 15.3. The summed E-state index contributed by atoms with van der Waals surface area (Å²) in [4.78, 5) is 52.4. The molecule has 2 bridgehead atoms. The second-order valence-corrected chi connectivity index (χ2v) is 15.7. The van der Waals surface area contributed by atoms with E-state index in [0.717, 1.165) is 61.2 Å². The number of fused-ring (bicyclic) bond motifs is 3. The molecule has 0 aromatic heterocycles. The van der Waals surface area contributed by atoms with E-state index in [2.05, 4.69) is 28.2 Å². The van der Waals surface area contributed by atoms with E-state index in [4.69, 9.17) is 17.3 Å². The van der Waals surface area contributed by atoms with Gasteiger partial charge in [0.1, 0.15) is 0 Å². The van der Waals surface area contributed by atoms with E-state index in [1.807, 2.05) is 52.0 Å². The number of halogens is 1. The summed E-state index contributed by atoms with van der Waals surface area (Å²) in [6.45, 7) is 7.02. The maximum Gasteiger partial charge on any atom is 0.322 e. The summed E-state index contributed by atoms with van der Waals surface area (Å²) in [7, 11) is 2.28. The largest absolute Gasteiger partial charge is 0.397 e. The molecule has 10 nitrogen and oxygen atoms in total. The Bertz CT molecular complexity index is 1560. The number of urea groups is 1. The van der Waals surface area contributed by atoms with Crippen molar-refractivity contribution >= 4 is 40.8 Å². The van der Waals surface area contributed by atoms with E-state index < -0.39 is 5.92 Å². The van der Waals surface area contributed by atoms with Gasteiger partial charge in [0.2, 0.25) is 11.8 Å². The fourth-order valence-corrected chi connectivity index (χ4v) is 9.69. The SMILES string of the molecule is CCc1cc(C[C@@H](CC(=O)N2CCC(N3CCc4ccccc4NC3=O)CC2)C(=O)N2CCN(C3CC4CCC(C3)N4C)CC2)cc(Cl)c1N. The van der Waals surface area contributed by atoms with Gasteiger partial charge >= 0.3 is 6.03 Å². The number of amides is 4. The van der Waals surface area contributed by atoms with Crippen molar-refractivity contribution in [1.29, 1.82) is 0 Å². The van der Waals surface area contributed by atoms with Crippen LogP contribution in [0.2, 0.25) is 5.02 Å². The zero-order valence-electron chi connectivity index (χ0n) is 29.8. The van der Waals surface area contributed by atoms with Gasteiger partial charge in [0.05, 0.1) is 16.6 Å². The van der Waals surface area contributed by atoms with Crippen LogP contribution in [0.25, 0.3) is 0 Å². The molecular weight excluding hydrogens is 650 g/mol. The van der Waals surface area contributed by atoms with E-state index >= 15 is 0 Å². The number of carbonyl (C=O) groups is 3. The number of nitrogens with zero attached hydrogens (tertiary/aromatic N) is 5. The number of nitrogen functional groups attached to an aromatic ring is 1. The molecule has 5 aliphatic rings. The topological polar surface area (TPSA) is 105 Å². The molecule has 50 heavy (non-hydrogen) atoms. The second kappa shape index (κ2) is 15.1. The van der Waals surface area contributed by atoms with Crippen molar-refractivity contribution in [1.82, 2.24) is 24.5 Å². The highest BCUT2D eigenvalue weighted by atomic mass is 35.5. The first kappa shape index (κ1) is 35.1. The number of rotatable bonds is 8. The molecule has 3 atom stereocenters. The van der Waals surface area contributed by atoms with Gasteiger partial charge in [0, 0.05) is 82.1 Å². The van der Waals surface area contributed by atoms with Crippen molar-refractivity contribution in [3.8, 4) is 0 Å². The maximum absolute atomic E-state index is 14.3. The Morgan fingerprint density at radius 1 is 0.900 bits per heavy atom. The van der Waals surface area contributed by atoms with Gasteiger partial charge in [-0.25, -0.2) is 4.79 Å². The van der Waals surface area contributed by atoms with Crippen LogP contribution in [0, 0.1) is 5.92 Å². The van der Waals surface area contributed by atoms with Crippen LogP contribution in [0.4, 0.5) is 16.2 Å². The standard InChI is InChI=1S/C39H54ClN7O3/c1-3-27-20-26(22-34(40)37(27)41)21-29(38(49)46-18-16-44(17-19-46)33-24-31-8-9-32(25-33)43(31)2)23-36(48)45-13-11-30(12-14-45)47-15-10-28-6-4-5-7-35(28)42-39(47)50/h4-7,20,22,29-33H,3,8-19,21,23-25,41H2,1-2H3,(H,42,50)/t29-,31?,32?,33?/m0/s1. The first-order chi connectivity index (χ1) is 24.2. The van der Waals surface area contributed by atoms with Gasteiger partial charge in [0.25, 0.3) is 0 Å². The summed E-state index contributed by atoms with van der Waals surface area (Å²) in [6, 6.07) is 13.9. The first-order valence-electron chi connectivity index (χ1n) is 18.9. The Morgan fingerprint density at radius 3 is 2.30 bits per heavy atom. The number of piperazine rings is 1. The number of hydrogen-bond acceptors (Lipinski definition) is 6. The lowest BCUT2D eigenvalue weighted by Gasteiger charge is -2.45. The zero-order chi connectivity index (χ0) is 34.9. The molecule has 11 heteroatoms. The van der Waals surface area contributed by atoms with Crippen LogP contribution in [0.1, 0.15) is 68.6 Å². The molecule has 4 saturated heterocycles. The van der Waals surface area contributed by atoms with Crippen molar-refractivity contribution in [2.45, 2.75) is 95.3 Å². The van der Waals surface area contributed by atoms with Crippen LogP contribution in [-0.2, 0) is 28.9 Å². The van der Waals surface area contributed by atoms with Crippen LogP contribution >= 0.6 is 11.6 Å². The number of anilines is 2. The van der Waals surface area contributed by atoms with Gasteiger partial charge in [-0.05, 0) is 93.7 Å². The summed E-state index contributed by atoms with van der Waals surface area (Å²) < 4.78 is 0. The Kier molecular flexibility index (Phi) is 10.6. The lowest BCUT2D eigenvalue weighted by atomic mass is 9.91. The summed E-state index contributed by atoms with van der Waals surface area (Å²) in [5.41, 5.74) is 10.8. The number of hydrogen-bond donors (Lipinski definition) is 2. The Labute approximate surface area is 302 Å². The lowest BCUT2D eigenvalue weighted by Crippen LogP contribution is -2.56. The molecular formula is C39H54ClN7O3. The van der Waals surface area contributed by atoms with Gasteiger partial charge in [0.15, 0.2) is 0 Å². The summed E-state index contributed by atoms with van der Waals surface area (Å²) in [5, 5.41) is 3.58. The molecule has 5 aliphatic heterocycles. The number of carbonyl (C=O) groups excluding carboxylic acids is 3. The average Bonchev–Trinajstić information content (AvgIpc) is 3.27. The Hall–Kier alpha value is -3.34. The Balaban J connectivity index is 0.991. The molecule has 270 valence electrons. The summed E-state index contributed by atoms with van der Waals surface area (Å²) >= 11 is 6.55. The van der Waals surface area contributed by atoms with E-state index in [9.17, 15) is 14.4 Å². The minimum absolute atomic E-state index is 0.00668. The molecule has 7 rings (SSSR count). The van der Waals surface area contributed by atoms with Crippen molar-refractivity contribution in [2.75, 3.05) is 63.9 Å². The molecule has 2 aromatic carbocycles. The summed E-state index contributed by atoms with van der Waals surface area (Å²) in [5.74, 6) is -0.416. The number of aryl methyl sites for hydroxylation is 1. The molecule has 5 heterocycles. The summed E-state index contributed by atoms with van der Waals surface area (Å²) in [6.07, 6.45) is 8.66. The third kappa shape index (κ3) is 7.34. The van der Waals surface area contributed by atoms with Gasteiger partial charge in [-0.2, -0.15) is 0 Å². The smallest absolute Gasteiger partial charge is 0.322 e. The van der Waals surface area contributed by atoms with Crippen LogP contribution in [0.5, 0.6) is 0 Å². The van der Waals surface area contributed by atoms with E-state index in [0.29, 0.717) is 68.0 Å². The number of para-hydroxylation sites is 1. The molecule has 0 aliphatic carbocycles. The zero-order valence-corrected chi connectivity index (χ0v) is 30.5. The molecule has 3 N–H and O–H groups in total. The highest BCUT2D eigenvalue weighted by molar-refractivity contribution is 6.33. The highest BCUT2D eigenvalue weighted by Gasteiger charge is 2.42. The van der Waals surface area contributed by atoms with Crippen LogP contribution in [0.15, 0.2) is 36.4 Å². The van der Waals surface area contributed by atoms with Crippen molar-refractivity contribution in [2.24, 2.45) is 5.92 Å². The van der Waals surface area contributed by atoms with E-state index in [-0.39, 0.29) is 30.3 Å². The number of likely N-dealkylation sites (tertiary alicyclic amines) is 1. The molecule has 0 saturated carbocycles. The predicted molar refractivity (Wildman–Crippen MR) is 198 cm³/mol. The predicted octanol–water partition coefficient (Wildman–Crippen LogP) is 4.88. The molecule has 2 aromatic rings. The van der Waals surface area contributed by atoms with Crippen molar-refractivity contribution in [3.63, 3.8) is 0 Å². The number of nitrogens with one attached hydrogen (secondary N) is 1. The molecule has 0 spiro atoms. The van der Waals surface area contributed by atoms with E-state index in [1.54, 1.807) is 0 Å². The third-order valence-electron chi connectivity index (χ3n) is 12.5. The van der Waals surface area contributed by atoms with Gasteiger partial charge in [-0.15, -0.1) is 0 Å². The monoisotopic (exact) mass is 703 g/mol. The molecule has 4 fully saturated rings. The molecule has 4 amide bonds. The number of benzene rings is 2. The first-order valence-corrected chi connectivity index (χ1v) is 19.3. The molecule has 2 unspecified atom stereocenters. The van der Waals surface area contributed by atoms with Crippen molar-refractivity contribution in [3.05, 3.63) is 58.1 Å². The Morgan fingerprint density at radius 2 is 1.60 bits per heavy atom. The van der Waals surface area contributed by atoms with Crippen LogP contribution < -0.4 is 11.1 Å². The third-order valence-corrected chi connectivity index (χ3v) is 12.8. The van der Waals surface area contributed by atoms with Crippen LogP contribution in [0.3, 0.4) is 0 Å². The van der Waals surface area contributed by atoms with E-state index in [1.165, 1.54) is 25.7 Å². The van der Waals surface area contributed by atoms with Gasteiger partial charge < -0.3 is 30.7 Å². The number of piperidine rings is 2. The van der Waals surface area contributed by atoms with Gasteiger partial charge in [-0.3, -0.25) is 14.5 Å². The van der Waals surface area contributed by atoms with Gasteiger partial charge in [-0.1, -0.05) is 42.8 Å². The minimum Gasteiger partial charge on any atom is -0.397 e. The quantitative estimate of drug-likeness (QED) is 0.380. The van der Waals surface area contributed by atoms with Crippen LogP contribution in [-0.4, -0.2) is 119 Å². The normalized spacial score (nSPS) is 25.6. The van der Waals surface area contributed by atoms with Crippen molar-refractivity contribution < 1.29 is 14.4 Å². The number of nitrogens with two attached hydrogens (primary N) is 1. The fourth-order valence-electron chi connectivity index (χ4n) is 9.43. The highest BCUT2D eigenvalue weighted by Crippen LogP contribution is 2.37. The molecule has 0 radical (unpaired) electrons. The minimum atomic E-state index is -0.481.